The number of aliphatic carboxylic acids is 1. The van der Waals surface area contributed by atoms with Crippen molar-refractivity contribution in [1.29, 1.82) is 0 Å². The van der Waals surface area contributed by atoms with Crippen molar-refractivity contribution in [2.75, 3.05) is 6.54 Å². The van der Waals surface area contributed by atoms with Gasteiger partial charge in [0, 0.05) is 23.6 Å². The second-order valence-electron chi connectivity index (χ2n) is 7.33. The lowest BCUT2D eigenvalue weighted by molar-refractivity contribution is -0.142. The number of nitrogens with zero attached hydrogens (tertiary/aromatic N) is 1. The summed E-state index contributed by atoms with van der Waals surface area (Å²) in [6.07, 6.45) is 2.33. The second kappa shape index (κ2) is 10.9. The summed E-state index contributed by atoms with van der Waals surface area (Å²) in [7, 11) is 0. The zero-order valence-corrected chi connectivity index (χ0v) is 17.5. The number of amides is 3. The van der Waals surface area contributed by atoms with Crippen LogP contribution in [0.5, 0.6) is 5.75 Å². The Balaban J connectivity index is 1.57. The van der Waals surface area contributed by atoms with Crippen molar-refractivity contribution in [3.63, 3.8) is 0 Å². The van der Waals surface area contributed by atoms with Crippen molar-refractivity contribution < 1.29 is 24.2 Å². The van der Waals surface area contributed by atoms with Crippen LogP contribution in [0.1, 0.15) is 18.4 Å². The molecule has 3 amide bonds. The average molecular weight is 438 g/mol. The van der Waals surface area contributed by atoms with E-state index in [0.29, 0.717) is 13.0 Å². The number of carboxylic acids is 1. The number of carboxylic acid groups (broad SMARTS) is 1. The summed E-state index contributed by atoms with van der Waals surface area (Å²) >= 11 is 0. The molecule has 0 spiro atoms. The summed E-state index contributed by atoms with van der Waals surface area (Å²) in [5, 5.41) is 15.2. The number of carbonyl (C=O) groups excluding carboxylic acids is 2. The summed E-state index contributed by atoms with van der Waals surface area (Å²) in [5.41, 5.74) is 6.88. The van der Waals surface area contributed by atoms with Gasteiger partial charge in [-0.05, 0) is 42.7 Å². The van der Waals surface area contributed by atoms with E-state index in [4.69, 9.17) is 10.5 Å². The third kappa shape index (κ3) is 6.49. The van der Waals surface area contributed by atoms with Crippen LogP contribution < -0.4 is 21.1 Å². The van der Waals surface area contributed by atoms with Crippen molar-refractivity contribution in [1.82, 2.24) is 15.2 Å². The molecule has 9 nitrogen and oxygen atoms in total. The summed E-state index contributed by atoms with van der Waals surface area (Å²) < 4.78 is 7.59. The maximum absolute atomic E-state index is 12.4. The molecule has 3 aromatic rings. The van der Waals surface area contributed by atoms with Crippen molar-refractivity contribution in [2.45, 2.75) is 32.0 Å². The number of rotatable bonds is 11. The highest BCUT2D eigenvalue weighted by molar-refractivity contribution is 5.86. The third-order valence-corrected chi connectivity index (χ3v) is 4.91. The number of carbonyl (C=O) groups is 3. The standard InChI is InChI=1S/C23H26N4O5/c24-23(31)25-11-4-7-19(22(29)30)26-21(28)14-27-12-10-17-13-18(8-9-20(17)27)32-15-16-5-2-1-3-6-16/h1-3,5-6,8-10,12-13,19H,4,7,11,14-15H2,(H,26,28)(H,29,30)(H3,24,25,31). The van der Waals surface area contributed by atoms with Crippen molar-refractivity contribution >= 4 is 28.8 Å². The van der Waals surface area contributed by atoms with Gasteiger partial charge in [-0.15, -0.1) is 0 Å². The molecule has 32 heavy (non-hydrogen) atoms. The fraction of sp³-hybridized carbons (Fsp3) is 0.261. The lowest BCUT2D eigenvalue weighted by Crippen LogP contribution is -2.42. The van der Waals surface area contributed by atoms with Gasteiger partial charge in [-0.25, -0.2) is 9.59 Å². The van der Waals surface area contributed by atoms with E-state index in [0.717, 1.165) is 22.2 Å². The molecule has 0 aliphatic heterocycles. The smallest absolute Gasteiger partial charge is 0.326 e. The maximum atomic E-state index is 12.4. The van der Waals surface area contributed by atoms with Crippen molar-refractivity contribution in [2.24, 2.45) is 5.73 Å². The second-order valence-corrected chi connectivity index (χ2v) is 7.33. The number of ether oxygens (including phenoxy) is 1. The van der Waals surface area contributed by atoms with E-state index >= 15 is 0 Å². The van der Waals surface area contributed by atoms with E-state index in [1.165, 1.54) is 0 Å². The predicted molar refractivity (Wildman–Crippen MR) is 119 cm³/mol. The topological polar surface area (TPSA) is 136 Å². The quantitative estimate of drug-likeness (QED) is 0.341. The monoisotopic (exact) mass is 438 g/mol. The minimum Gasteiger partial charge on any atom is -0.489 e. The van der Waals surface area contributed by atoms with E-state index < -0.39 is 23.9 Å². The number of primary amides is 1. The van der Waals surface area contributed by atoms with Gasteiger partial charge in [-0.2, -0.15) is 0 Å². The molecule has 1 aromatic heterocycles. The molecule has 0 radical (unpaired) electrons. The van der Waals surface area contributed by atoms with Gasteiger partial charge in [-0.3, -0.25) is 4.79 Å². The SMILES string of the molecule is NC(=O)NCCCC(NC(=O)Cn1ccc2cc(OCc3ccccc3)ccc21)C(=O)O. The number of nitrogens with two attached hydrogens (primary N) is 1. The molecule has 0 bridgehead atoms. The first-order chi connectivity index (χ1) is 15.4. The average Bonchev–Trinajstić information content (AvgIpc) is 3.16. The number of benzene rings is 2. The van der Waals surface area contributed by atoms with E-state index in [1.807, 2.05) is 54.6 Å². The van der Waals surface area contributed by atoms with Gasteiger partial charge >= 0.3 is 12.0 Å². The molecule has 2 aromatic carbocycles. The van der Waals surface area contributed by atoms with Crippen LogP contribution in [0.4, 0.5) is 4.79 Å². The van der Waals surface area contributed by atoms with E-state index in [9.17, 15) is 19.5 Å². The van der Waals surface area contributed by atoms with Gasteiger partial charge in [0.15, 0.2) is 0 Å². The number of urea groups is 1. The number of aromatic nitrogens is 1. The van der Waals surface area contributed by atoms with Crippen molar-refractivity contribution in [3.05, 3.63) is 66.4 Å². The minimum absolute atomic E-state index is 0.0168. The van der Waals surface area contributed by atoms with Gasteiger partial charge in [0.25, 0.3) is 0 Å². The molecule has 0 fully saturated rings. The Kier molecular flexibility index (Phi) is 7.69. The first-order valence-electron chi connectivity index (χ1n) is 10.2. The molecular formula is C23H26N4O5. The Labute approximate surface area is 185 Å². The minimum atomic E-state index is -1.13. The summed E-state index contributed by atoms with van der Waals surface area (Å²) in [6, 6.07) is 15.6. The van der Waals surface area contributed by atoms with Crippen LogP contribution in [0.15, 0.2) is 60.8 Å². The molecule has 9 heteroatoms. The molecule has 0 saturated carbocycles. The van der Waals surface area contributed by atoms with Gasteiger partial charge in [0.2, 0.25) is 5.91 Å². The largest absolute Gasteiger partial charge is 0.489 e. The van der Waals surface area contributed by atoms with E-state index in [2.05, 4.69) is 10.6 Å². The highest BCUT2D eigenvalue weighted by Gasteiger charge is 2.20. The van der Waals surface area contributed by atoms with Crippen LogP contribution in [0.3, 0.4) is 0 Å². The Morgan fingerprint density at radius 3 is 2.59 bits per heavy atom. The molecule has 1 heterocycles. The Morgan fingerprint density at radius 2 is 1.88 bits per heavy atom. The van der Waals surface area contributed by atoms with Crippen LogP contribution in [0, 0.1) is 0 Å². The summed E-state index contributed by atoms with van der Waals surface area (Å²) in [5.74, 6) is -0.823. The first-order valence-corrected chi connectivity index (χ1v) is 10.2. The number of hydrogen-bond donors (Lipinski definition) is 4. The fourth-order valence-electron chi connectivity index (χ4n) is 3.32. The fourth-order valence-corrected chi connectivity index (χ4v) is 3.32. The van der Waals surface area contributed by atoms with Crippen LogP contribution >= 0.6 is 0 Å². The third-order valence-electron chi connectivity index (χ3n) is 4.91. The van der Waals surface area contributed by atoms with Gasteiger partial charge < -0.3 is 30.8 Å². The number of fused-ring (bicyclic) bond motifs is 1. The van der Waals surface area contributed by atoms with Gasteiger partial charge in [0.05, 0.1) is 0 Å². The lowest BCUT2D eigenvalue weighted by atomic mass is 10.1. The van der Waals surface area contributed by atoms with Crippen molar-refractivity contribution in [3.8, 4) is 5.75 Å². The first kappa shape index (κ1) is 22.7. The molecule has 1 unspecified atom stereocenters. The number of nitrogens with one attached hydrogen (secondary N) is 2. The molecule has 1 atom stereocenters. The van der Waals surface area contributed by atoms with Crippen LogP contribution in [-0.4, -0.2) is 40.2 Å². The Hall–Kier alpha value is -4.01. The Morgan fingerprint density at radius 1 is 1.09 bits per heavy atom. The highest BCUT2D eigenvalue weighted by atomic mass is 16.5. The molecular weight excluding hydrogens is 412 g/mol. The van der Waals surface area contributed by atoms with E-state index in [1.54, 1.807) is 10.8 Å². The van der Waals surface area contributed by atoms with Crippen LogP contribution in [-0.2, 0) is 22.7 Å². The van der Waals surface area contributed by atoms with Gasteiger partial charge in [-0.1, -0.05) is 30.3 Å². The molecule has 5 N–H and O–H groups in total. The molecule has 0 aliphatic carbocycles. The molecule has 168 valence electrons. The summed E-state index contributed by atoms with van der Waals surface area (Å²) in [6.45, 7) is 0.684. The zero-order valence-electron chi connectivity index (χ0n) is 17.5. The van der Waals surface area contributed by atoms with Crippen LogP contribution in [0.25, 0.3) is 10.9 Å². The molecule has 0 aliphatic rings. The number of hydrogen-bond acceptors (Lipinski definition) is 4. The van der Waals surface area contributed by atoms with Gasteiger partial charge in [0.1, 0.15) is 24.9 Å². The normalized spacial score (nSPS) is 11.6. The van der Waals surface area contributed by atoms with E-state index in [-0.39, 0.29) is 19.5 Å². The lowest BCUT2D eigenvalue weighted by Gasteiger charge is -2.15. The molecule has 0 saturated heterocycles. The maximum Gasteiger partial charge on any atom is 0.326 e. The molecule has 3 rings (SSSR count). The Bertz CT molecular complexity index is 1080. The highest BCUT2D eigenvalue weighted by Crippen LogP contribution is 2.23. The zero-order chi connectivity index (χ0) is 22.9. The predicted octanol–water partition coefficient (Wildman–Crippen LogP) is 2.24. The summed E-state index contributed by atoms with van der Waals surface area (Å²) in [4.78, 5) is 34.5. The van der Waals surface area contributed by atoms with Crippen LogP contribution in [0.2, 0.25) is 0 Å².